The third-order valence-electron chi connectivity index (χ3n) is 13.5. The largest absolute Gasteiger partial charge is 0.462 e. The molecule has 0 aromatic rings. The molecule has 65 heavy (non-hydrogen) atoms. The van der Waals surface area contributed by atoms with Gasteiger partial charge in [-0.1, -0.05) is 297 Å². The number of hydrogen-bond donors (Lipinski definition) is 0. The molecule has 0 aromatic heterocycles. The summed E-state index contributed by atoms with van der Waals surface area (Å²) in [7, 11) is 0. The van der Waals surface area contributed by atoms with Crippen LogP contribution in [0.15, 0.2) is 0 Å². The van der Waals surface area contributed by atoms with Crippen LogP contribution in [0.5, 0.6) is 0 Å². The zero-order chi connectivity index (χ0) is 47.4. The molecular formula is C59H114O6. The molecule has 0 aliphatic carbocycles. The molecule has 0 fully saturated rings. The van der Waals surface area contributed by atoms with Gasteiger partial charge in [0.05, 0.1) is 0 Å². The number of unbranched alkanes of at least 4 members (excludes halogenated alkanes) is 41. The van der Waals surface area contributed by atoms with Gasteiger partial charge in [0, 0.05) is 19.3 Å². The van der Waals surface area contributed by atoms with Crippen LogP contribution in [0, 0.1) is 5.92 Å². The highest BCUT2D eigenvalue weighted by Crippen LogP contribution is 2.18. The van der Waals surface area contributed by atoms with Crippen LogP contribution in [0.4, 0.5) is 0 Å². The average molecular weight is 920 g/mol. The second-order valence-corrected chi connectivity index (χ2v) is 20.8. The standard InChI is InChI=1S/C59H114O6/c1-5-7-9-11-13-15-17-19-21-22-23-25-26-30-34-38-42-46-50-57(60)63-53-56(54-64-58(61)51-47-43-39-35-32-28-29-33-37-41-45-49-55(3)4)65-59(62)52-48-44-40-36-31-27-24-20-18-16-14-12-10-8-6-2/h55-56H,5-54H2,1-4H3/t56-/m0/s1. The lowest BCUT2D eigenvalue weighted by Crippen LogP contribution is -2.30. The van der Waals surface area contributed by atoms with Crippen molar-refractivity contribution in [2.24, 2.45) is 5.92 Å². The SMILES string of the molecule is CCCCCCCCCCCCCCCCCCCCC(=O)OC[C@@H](COC(=O)CCCCCCCCCCCCCC(C)C)OC(=O)CCCCCCCCCCCCCCCCC. The van der Waals surface area contributed by atoms with Gasteiger partial charge in [0.25, 0.3) is 0 Å². The first kappa shape index (κ1) is 63.4. The van der Waals surface area contributed by atoms with Crippen molar-refractivity contribution in [3.63, 3.8) is 0 Å². The molecule has 0 unspecified atom stereocenters. The van der Waals surface area contributed by atoms with E-state index < -0.39 is 6.10 Å². The fourth-order valence-electron chi connectivity index (χ4n) is 9.10. The molecule has 0 bridgehead atoms. The topological polar surface area (TPSA) is 78.9 Å². The highest BCUT2D eigenvalue weighted by Gasteiger charge is 2.19. The Labute approximate surface area is 406 Å². The predicted molar refractivity (Wildman–Crippen MR) is 280 cm³/mol. The normalized spacial score (nSPS) is 12.0. The van der Waals surface area contributed by atoms with E-state index in [1.54, 1.807) is 0 Å². The van der Waals surface area contributed by atoms with E-state index in [1.165, 1.54) is 231 Å². The number of hydrogen-bond acceptors (Lipinski definition) is 6. The van der Waals surface area contributed by atoms with Crippen molar-refractivity contribution >= 4 is 17.9 Å². The van der Waals surface area contributed by atoms with Crippen molar-refractivity contribution in [1.82, 2.24) is 0 Å². The minimum Gasteiger partial charge on any atom is -0.462 e. The van der Waals surface area contributed by atoms with Gasteiger partial charge in [-0.15, -0.1) is 0 Å². The van der Waals surface area contributed by atoms with Gasteiger partial charge in [-0.3, -0.25) is 14.4 Å². The molecule has 0 saturated heterocycles. The number of carbonyl (C=O) groups excluding carboxylic acids is 3. The average Bonchev–Trinajstić information content (AvgIpc) is 3.29. The first-order valence-electron chi connectivity index (χ1n) is 29.4. The highest BCUT2D eigenvalue weighted by atomic mass is 16.6. The summed E-state index contributed by atoms with van der Waals surface area (Å²) in [5, 5.41) is 0. The Bertz CT molecular complexity index is 980. The molecular weight excluding hydrogens is 805 g/mol. The maximum atomic E-state index is 12.8. The summed E-state index contributed by atoms with van der Waals surface area (Å²) in [6.45, 7) is 9.06. The minimum absolute atomic E-state index is 0.0618. The Kier molecular flexibility index (Phi) is 52.1. The maximum absolute atomic E-state index is 12.8. The number of ether oxygens (including phenoxy) is 3. The van der Waals surface area contributed by atoms with E-state index >= 15 is 0 Å². The van der Waals surface area contributed by atoms with Gasteiger partial charge < -0.3 is 14.2 Å². The van der Waals surface area contributed by atoms with Crippen LogP contribution in [-0.4, -0.2) is 37.2 Å². The van der Waals surface area contributed by atoms with E-state index in [0.29, 0.717) is 19.3 Å². The Hall–Kier alpha value is -1.59. The molecule has 6 nitrogen and oxygen atoms in total. The Morgan fingerprint density at radius 2 is 0.508 bits per heavy atom. The quantitative estimate of drug-likeness (QED) is 0.0344. The van der Waals surface area contributed by atoms with Crippen LogP contribution in [-0.2, 0) is 28.6 Å². The molecule has 1 atom stereocenters. The molecule has 0 rings (SSSR count). The van der Waals surface area contributed by atoms with Crippen molar-refractivity contribution in [1.29, 1.82) is 0 Å². The molecule has 0 radical (unpaired) electrons. The van der Waals surface area contributed by atoms with Crippen LogP contribution in [0.2, 0.25) is 0 Å². The second-order valence-electron chi connectivity index (χ2n) is 20.8. The maximum Gasteiger partial charge on any atom is 0.306 e. The van der Waals surface area contributed by atoms with E-state index in [-0.39, 0.29) is 31.1 Å². The van der Waals surface area contributed by atoms with E-state index in [1.807, 2.05) is 0 Å². The molecule has 386 valence electrons. The number of carbonyl (C=O) groups is 3. The summed E-state index contributed by atoms with van der Waals surface area (Å²) in [6, 6.07) is 0. The predicted octanol–water partition coefficient (Wildman–Crippen LogP) is 19.4. The fourth-order valence-corrected chi connectivity index (χ4v) is 9.10. The summed E-state index contributed by atoms with van der Waals surface area (Å²) in [5.74, 6) is -0.00774. The first-order valence-corrected chi connectivity index (χ1v) is 29.4. The lowest BCUT2D eigenvalue weighted by molar-refractivity contribution is -0.167. The lowest BCUT2D eigenvalue weighted by Gasteiger charge is -2.18. The third kappa shape index (κ3) is 53.2. The van der Waals surface area contributed by atoms with Crippen molar-refractivity contribution in [2.75, 3.05) is 13.2 Å². The Balaban J connectivity index is 4.28. The number of rotatable bonds is 54. The van der Waals surface area contributed by atoms with Gasteiger partial charge in [0.1, 0.15) is 13.2 Å². The van der Waals surface area contributed by atoms with Gasteiger partial charge in [0.15, 0.2) is 6.10 Å². The van der Waals surface area contributed by atoms with Gasteiger partial charge in [0.2, 0.25) is 0 Å². The van der Waals surface area contributed by atoms with Crippen LogP contribution in [0.1, 0.15) is 336 Å². The lowest BCUT2D eigenvalue weighted by atomic mass is 10.0. The smallest absolute Gasteiger partial charge is 0.306 e. The molecule has 0 aromatic carbocycles. The summed E-state index contributed by atoms with van der Waals surface area (Å²) in [5.41, 5.74) is 0. The van der Waals surface area contributed by atoms with Gasteiger partial charge >= 0.3 is 17.9 Å². The molecule has 0 aliphatic rings. The molecule has 0 spiro atoms. The summed E-state index contributed by atoms with van der Waals surface area (Å²) >= 11 is 0. The van der Waals surface area contributed by atoms with Gasteiger partial charge in [-0.2, -0.15) is 0 Å². The third-order valence-corrected chi connectivity index (χ3v) is 13.5. The highest BCUT2D eigenvalue weighted by molar-refractivity contribution is 5.71. The van der Waals surface area contributed by atoms with E-state index in [9.17, 15) is 14.4 Å². The van der Waals surface area contributed by atoms with Crippen LogP contribution in [0.3, 0.4) is 0 Å². The van der Waals surface area contributed by atoms with Crippen LogP contribution < -0.4 is 0 Å². The van der Waals surface area contributed by atoms with Crippen LogP contribution >= 0.6 is 0 Å². The van der Waals surface area contributed by atoms with E-state index in [0.717, 1.165) is 63.7 Å². The summed E-state index contributed by atoms with van der Waals surface area (Å²) in [4.78, 5) is 38.1. The molecule has 0 aliphatic heterocycles. The molecule has 0 N–H and O–H groups in total. The van der Waals surface area contributed by atoms with E-state index in [2.05, 4.69) is 27.7 Å². The molecule has 0 heterocycles. The Morgan fingerprint density at radius 3 is 0.754 bits per heavy atom. The van der Waals surface area contributed by atoms with Crippen molar-refractivity contribution < 1.29 is 28.6 Å². The fraction of sp³-hybridized carbons (Fsp3) is 0.949. The Morgan fingerprint density at radius 1 is 0.292 bits per heavy atom. The van der Waals surface area contributed by atoms with Gasteiger partial charge in [-0.25, -0.2) is 0 Å². The second kappa shape index (κ2) is 53.4. The van der Waals surface area contributed by atoms with Gasteiger partial charge in [-0.05, 0) is 25.2 Å². The zero-order valence-electron chi connectivity index (χ0n) is 44.5. The molecule has 6 heteroatoms. The van der Waals surface area contributed by atoms with E-state index in [4.69, 9.17) is 14.2 Å². The van der Waals surface area contributed by atoms with Crippen molar-refractivity contribution in [2.45, 2.75) is 342 Å². The summed E-state index contributed by atoms with van der Waals surface area (Å²) in [6.07, 6.45) is 58.1. The zero-order valence-corrected chi connectivity index (χ0v) is 44.5. The van der Waals surface area contributed by atoms with Crippen molar-refractivity contribution in [3.8, 4) is 0 Å². The summed E-state index contributed by atoms with van der Waals surface area (Å²) < 4.78 is 16.9. The molecule has 0 amide bonds. The molecule has 0 saturated carbocycles. The monoisotopic (exact) mass is 919 g/mol. The number of esters is 3. The minimum atomic E-state index is -0.762. The van der Waals surface area contributed by atoms with Crippen molar-refractivity contribution in [3.05, 3.63) is 0 Å². The first-order chi connectivity index (χ1) is 31.9. The van der Waals surface area contributed by atoms with Crippen LogP contribution in [0.25, 0.3) is 0 Å².